The van der Waals surface area contributed by atoms with Crippen molar-refractivity contribution in [2.24, 2.45) is 4.40 Å². The van der Waals surface area contributed by atoms with E-state index >= 15 is 0 Å². The minimum absolute atomic E-state index is 0.0660. The van der Waals surface area contributed by atoms with Gasteiger partial charge < -0.3 is 4.90 Å². The van der Waals surface area contributed by atoms with Gasteiger partial charge in [0.2, 0.25) is 0 Å². The second-order valence-electron chi connectivity index (χ2n) is 5.38. The normalized spacial score (nSPS) is 19.0. The molecule has 2 heterocycles. The van der Waals surface area contributed by atoms with E-state index in [1.165, 1.54) is 17.3 Å². The first-order valence-electron chi connectivity index (χ1n) is 7.25. The first kappa shape index (κ1) is 14.5. The maximum Gasteiger partial charge on any atom is 0.257 e. The molecule has 23 heavy (non-hydrogen) atoms. The summed E-state index contributed by atoms with van der Waals surface area (Å²) in [5.74, 6) is 0.0660. The van der Waals surface area contributed by atoms with E-state index in [9.17, 15) is 8.42 Å². The number of hydrogen-bond acceptors (Lipinski definition) is 4. The smallest absolute Gasteiger partial charge is 0.257 e. The van der Waals surface area contributed by atoms with Crippen LogP contribution in [0.15, 0.2) is 64.4 Å². The molecule has 2 aromatic rings. The van der Waals surface area contributed by atoms with E-state index in [0.29, 0.717) is 11.7 Å². The van der Waals surface area contributed by atoms with Gasteiger partial charge in [0.25, 0.3) is 10.0 Å². The van der Waals surface area contributed by atoms with E-state index in [0.717, 1.165) is 16.8 Å². The summed E-state index contributed by atoms with van der Waals surface area (Å²) < 4.78 is 27.0. The molecule has 0 aliphatic carbocycles. The van der Waals surface area contributed by atoms with Gasteiger partial charge in [-0.05, 0) is 16.7 Å². The number of benzene rings is 2. The van der Waals surface area contributed by atoms with Gasteiger partial charge >= 0.3 is 0 Å². The monoisotopic (exact) mass is 342 g/mol. The highest BCUT2D eigenvalue weighted by Gasteiger charge is 2.31. The van der Waals surface area contributed by atoms with Crippen LogP contribution in [0.4, 0.5) is 0 Å². The number of rotatable bonds is 2. The highest BCUT2D eigenvalue weighted by atomic mass is 32.2. The van der Waals surface area contributed by atoms with Gasteiger partial charge in [-0.3, -0.25) is 0 Å². The fraction of sp³-hybridized carbons (Fsp3) is 0.118. The van der Waals surface area contributed by atoms with Gasteiger partial charge in [0, 0.05) is 12.0 Å². The predicted molar refractivity (Wildman–Crippen MR) is 95.4 cm³/mol. The summed E-state index contributed by atoms with van der Waals surface area (Å²) in [6.45, 7) is 0.459. The van der Waals surface area contributed by atoms with Crippen molar-refractivity contribution in [2.45, 2.75) is 0 Å². The molecule has 0 radical (unpaired) electrons. The van der Waals surface area contributed by atoms with E-state index in [2.05, 4.69) is 40.8 Å². The van der Waals surface area contributed by atoms with Crippen molar-refractivity contribution in [1.29, 1.82) is 0 Å². The highest BCUT2D eigenvalue weighted by Crippen LogP contribution is 2.36. The quantitative estimate of drug-likeness (QED) is 0.839. The summed E-state index contributed by atoms with van der Waals surface area (Å²) in [5.41, 5.74) is 4.43. The Morgan fingerprint density at radius 2 is 1.57 bits per heavy atom. The summed E-state index contributed by atoms with van der Waals surface area (Å²) >= 11 is 1.37. The molecule has 0 fully saturated rings. The molecule has 0 spiro atoms. The Balaban J connectivity index is 1.63. The maximum atomic E-state index is 11.6. The Labute approximate surface area is 139 Å². The standard InChI is InChI=1S/C17H14N2O2S2/c20-23(21)11-10-19-16(12-22-17(19)18-23)15-8-6-14(7-9-15)13-4-2-1-3-5-13/h1-9,12H,10-11H2. The Bertz CT molecular complexity index is 901. The fourth-order valence-electron chi connectivity index (χ4n) is 2.68. The van der Waals surface area contributed by atoms with Gasteiger partial charge in [0.15, 0.2) is 5.17 Å². The molecule has 0 unspecified atom stereocenters. The highest BCUT2D eigenvalue weighted by molar-refractivity contribution is 8.17. The van der Waals surface area contributed by atoms with Crippen LogP contribution in [0, 0.1) is 0 Å². The summed E-state index contributed by atoms with van der Waals surface area (Å²) in [4.78, 5) is 1.98. The van der Waals surface area contributed by atoms with Gasteiger partial charge in [0.1, 0.15) is 0 Å². The minimum atomic E-state index is -3.29. The number of sulfonamides is 1. The third-order valence-corrected chi connectivity index (χ3v) is 6.00. The lowest BCUT2D eigenvalue weighted by molar-refractivity contribution is 0.567. The first-order chi connectivity index (χ1) is 11.1. The molecule has 0 saturated heterocycles. The molecule has 0 aromatic heterocycles. The zero-order valence-electron chi connectivity index (χ0n) is 12.2. The van der Waals surface area contributed by atoms with E-state index in [4.69, 9.17) is 0 Å². The van der Waals surface area contributed by atoms with Crippen molar-refractivity contribution in [3.8, 4) is 11.1 Å². The van der Waals surface area contributed by atoms with Crippen LogP contribution in [-0.4, -0.2) is 30.8 Å². The second-order valence-corrected chi connectivity index (χ2v) is 7.97. The molecule has 2 aliphatic heterocycles. The molecule has 6 heteroatoms. The average Bonchev–Trinajstić information content (AvgIpc) is 2.97. The van der Waals surface area contributed by atoms with Crippen molar-refractivity contribution in [3.05, 3.63) is 65.6 Å². The van der Waals surface area contributed by atoms with Crippen LogP contribution >= 0.6 is 11.8 Å². The number of amidine groups is 1. The molecule has 0 bridgehead atoms. The fourth-order valence-corrected chi connectivity index (χ4v) is 4.84. The molecule has 4 nitrogen and oxygen atoms in total. The molecule has 0 amide bonds. The summed E-state index contributed by atoms with van der Waals surface area (Å²) in [5, 5.41) is 2.52. The first-order valence-corrected chi connectivity index (χ1v) is 9.74. The van der Waals surface area contributed by atoms with E-state index in [1.807, 2.05) is 28.5 Å². The SMILES string of the molecule is O=S1(=O)CCN2C(c3ccc(-c4ccccc4)cc3)=CSC2=N1. The van der Waals surface area contributed by atoms with Gasteiger partial charge in [-0.25, -0.2) is 8.42 Å². The van der Waals surface area contributed by atoms with E-state index < -0.39 is 10.0 Å². The topological polar surface area (TPSA) is 49.7 Å². The van der Waals surface area contributed by atoms with Crippen LogP contribution in [0.3, 0.4) is 0 Å². The minimum Gasteiger partial charge on any atom is -0.318 e. The number of thioether (sulfide) groups is 1. The van der Waals surface area contributed by atoms with Crippen molar-refractivity contribution < 1.29 is 8.42 Å². The van der Waals surface area contributed by atoms with Gasteiger partial charge in [0.05, 0.1) is 11.4 Å². The van der Waals surface area contributed by atoms with Crippen LogP contribution in [0.2, 0.25) is 0 Å². The molecular formula is C17H14N2O2S2. The Morgan fingerprint density at radius 1 is 0.913 bits per heavy atom. The van der Waals surface area contributed by atoms with Crippen LogP contribution in [-0.2, 0) is 10.0 Å². The maximum absolute atomic E-state index is 11.6. The third-order valence-electron chi connectivity index (χ3n) is 3.88. The zero-order chi connectivity index (χ0) is 15.9. The van der Waals surface area contributed by atoms with Gasteiger partial charge in [-0.15, -0.1) is 4.40 Å². The van der Waals surface area contributed by atoms with Gasteiger partial charge in [-0.1, -0.05) is 66.4 Å². The Kier molecular flexibility index (Phi) is 3.50. The molecular weight excluding hydrogens is 328 g/mol. The third kappa shape index (κ3) is 2.80. The molecule has 2 aliphatic rings. The van der Waals surface area contributed by atoms with Gasteiger partial charge in [-0.2, -0.15) is 0 Å². The van der Waals surface area contributed by atoms with E-state index in [-0.39, 0.29) is 5.75 Å². The van der Waals surface area contributed by atoms with Crippen LogP contribution in [0.25, 0.3) is 16.8 Å². The van der Waals surface area contributed by atoms with Crippen LogP contribution < -0.4 is 0 Å². The molecule has 116 valence electrons. The molecule has 0 saturated carbocycles. The number of nitrogens with zero attached hydrogens (tertiary/aromatic N) is 2. The molecule has 0 atom stereocenters. The van der Waals surface area contributed by atoms with Crippen molar-refractivity contribution in [1.82, 2.24) is 4.90 Å². The predicted octanol–water partition coefficient (Wildman–Crippen LogP) is 3.40. The van der Waals surface area contributed by atoms with Crippen LogP contribution in [0.5, 0.6) is 0 Å². The molecule has 4 rings (SSSR count). The lowest BCUT2D eigenvalue weighted by Gasteiger charge is -2.25. The van der Waals surface area contributed by atoms with Crippen molar-refractivity contribution in [3.63, 3.8) is 0 Å². The number of fused-ring (bicyclic) bond motifs is 1. The summed E-state index contributed by atoms with van der Waals surface area (Å²) in [7, 11) is -3.29. The lowest BCUT2D eigenvalue weighted by Crippen LogP contribution is -2.34. The average molecular weight is 342 g/mol. The summed E-state index contributed by atoms with van der Waals surface area (Å²) in [6.07, 6.45) is 0. The van der Waals surface area contributed by atoms with Crippen molar-refractivity contribution in [2.75, 3.05) is 12.3 Å². The number of hydrogen-bond donors (Lipinski definition) is 0. The zero-order valence-corrected chi connectivity index (χ0v) is 13.8. The Hall–Kier alpha value is -2.05. The lowest BCUT2D eigenvalue weighted by atomic mass is 10.0. The van der Waals surface area contributed by atoms with Crippen molar-refractivity contribution >= 4 is 32.6 Å². The second kappa shape index (κ2) is 5.54. The molecule has 2 aromatic carbocycles. The Morgan fingerprint density at radius 3 is 2.30 bits per heavy atom. The van der Waals surface area contributed by atoms with E-state index in [1.54, 1.807) is 0 Å². The van der Waals surface area contributed by atoms with Crippen LogP contribution in [0.1, 0.15) is 5.56 Å². The molecule has 0 N–H and O–H groups in total. The summed E-state index contributed by atoms with van der Waals surface area (Å²) in [6, 6.07) is 18.5. The largest absolute Gasteiger partial charge is 0.318 e.